The Kier molecular flexibility index (Phi) is 6.71. The van der Waals surface area contributed by atoms with E-state index in [-0.39, 0.29) is 11.2 Å². The van der Waals surface area contributed by atoms with Crippen LogP contribution in [-0.4, -0.2) is 14.8 Å². The lowest BCUT2D eigenvalue weighted by atomic mass is 9.84. The Morgan fingerprint density at radius 2 is 1.67 bits per heavy atom. The van der Waals surface area contributed by atoms with Crippen LogP contribution in [0, 0.1) is 25.6 Å². The Hall–Kier alpha value is -2.14. The highest BCUT2D eigenvalue weighted by atomic mass is 32.2. The van der Waals surface area contributed by atoms with Crippen LogP contribution in [0.25, 0.3) is 11.4 Å². The van der Waals surface area contributed by atoms with Gasteiger partial charge >= 0.3 is 0 Å². The van der Waals surface area contributed by atoms with Crippen molar-refractivity contribution < 1.29 is 4.39 Å². The van der Waals surface area contributed by atoms with Crippen LogP contribution < -0.4 is 0 Å². The van der Waals surface area contributed by atoms with Crippen molar-refractivity contribution in [2.75, 3.05) is 0 Å². The minimum Gasteiger partial charge on any atom is -0.302 e. The number of rotatable bonds is 6. The van der Waals surface area contributed by atoms with Gasteiger partial charge in [-0.3, -0.25) is 0 Å². The molecule has 0 bridgehead atoms. The number of thioether (sulfide) groups is 1. The zero-order valence-electron chi connectivity index (χ0n) is 19.1. The van der Waals surface area contributed by atoms with Gasteiger partial charge in [-0.1, -0.05) is 70.6 Å². The van der Waals surface area contributed by atoms with Crippen LogP contribution in [0.3, 0.4) is 0 Å². The first-order valence-electron chi connectivity index (χ1n) is 10.5. The maximum atomic E-state index is 14.4. The Morgan fingerprint density at radius 1 is 1.03 bits per heavy atom. The van der Waals surface area contributed by atoms with Crippen molar-refractivity contribution in [3.63, 3.8) is 0 Å². The zero-order chi connectivity index (χ0) is 22.1. The Labute approximate surface area is 184 Å². The number of aryl methyl sites for hydroxylation is 2. The second-order valence-corrected chi connectivity index (χ2v) is 10.4. The lowest BCUT2D eigenvalue weighted by molar-refractivity contribution is 0.496. The molecule has 0 N–H and O–H groups in total. The van der Waals surface area contributed by atoms with E-state index in [1.807, 2.05) is 6.07 Å². The molecule has 1 heterocycles. The van der Waals surface area contributed by atoms with Crippen molar-refractivity contribution in [1.29, 1.82) is 0 Å². The number of benzene rings is 2. The molecule has 0 saturated heterocycles. The van der Waals surface area contributed by atoms with Crippen LogP contribution in [0.1, 0.15) is 56.9 Å². The average molecular weight is 426 g/mol. The van der Waals surface area contributed by atoms with Crippen LogP contribution in [0.5, 0.6) is 0 Å². The summed E-state index contributed by atoms with van der Waals surface area (Å²) in [7, 11) is 0. The molecule has 0 unspecified atom stereocenters. The number of aromatic nitrogens is 3. The normalized spacial score (nSPS) is 12.0. The van der Waals surface area contributed by atoms with Gasteiger partial charge in [-0.25, -0.2) is 4.39 Å². The number of halogens is 1. The molecular weight excluding hydrogens is 393 g/mol. The zero-order valence-corrected chi connectivity index (χ0v) is 19.9. The van der Waals surface area contributed by atoms with Gasteiger partial charge in [0, 0.05) is 12.3 Å². The molecule has 0 saturated carbocycles. The minimum absolute atomic E-state index is 0.132. The predicted molar refractivity (Wildman–Crippen MR) is 124 cm³/mol. The van der Waals surface area contributed by atoms with Crippen molar-refractivity contribution >= 4 is 11.8 Å². The molecular formula is C25H32FN3S. The Bertz CT molecular complexity index is 1010. The molecule has 0 spiro atoms. The first-order valence-corrected chi connectivity index (χ1v) is 11.5. The van der Waals surface area contributed by atoms with E-state index in [9.17, 15) is 4.39 Å². The van der Waals surface area contributed by atoms with Gasteiger partial charge in [0.2, 0.25) is 0 Å². The van der Waals surface area contributed by atoms with Crippen LogP contribution in [0.15, 0.2) is 41.6 Å². The highest BCUT2D eigenvalue weighted by molar-refractivity contribution is 7.98. The van der Waals surface area contributed by atoms with E-state index in [0.717, 1.165) is 17.5 Å². The largest absolute Gasteiger partial charge is 0.302 e. The molecule has 3 rings (SSSR count). The summed E-state index contributed by atoms with van der Waals surface area (Å²) in [5.74, 6) is 1.55. The van der Waals surface area contributed by atoms with E-state index in [1.165, 1.54) is 28.3 Å². The Morgan fingerprint density at radius 3 is 2.23 bits per heavy atom. The highest BCUT2D eigenvalue weighted by Crippen LogP contribution is 2.32. The Balaban J connectivity index is 1.92. The monoisotopic (exact) mass is 425 g/mol. The maximum absolute atomic E-state index is 14.4. The van der Waals surface area contributed by atoms with Gasteiger partial charge in [0.1, 0.15) is 5.82 Å². The molecule has 160 valence electrons. The first kappa shape index (κ1) is 22.5. The first-order chi connectivity index (χ1) is 14.1. The summed E-state index contributed by atoms with van der Waals surface area (Å²) in [5.41, 5.74) is 5.93. The fourth-order valence-electron chi connectivity index (χ4n) is 3.56. The summed E-state index contributed by atoms with van der Waals surface area (Å²) in [6.45, 7) is 16.2. The van der Waals surface area contributed by atoms with Crippen LogP contribution >= 0.6 is 11.8 Å². The summed E-state index contributed by atoms with van der Waals surface area (Å²) in [6.07, 6.45) is 0. The second kappa shape index (κ2) is 8.93. The van der Waals surface area contributed by atoms with Crippen LogP contribution in [0.2, 0.25) is 0 Å². The molecule has 1 aromatic heterocycles. The van der Waals surface area contributed by atoms with Crippen LogP contribution in [-0.2, 0) is 17.7 Å². The number of hydrogen-bond donors (Lipinski definition) is 0. The van der Waals surface area contributed by atoms with Gasteiger partial charge in [-0.2, -0.15) is 0 Å². The van der Waals surface area contributed by atoms with Gasteiger partial charge in [0.15, 0.2) is 11.0 Å². The minimum atomic E-state index is -0.268. The quantitative estimate of drug-likeness (QED) is 0.400. The molecule has 0 amide bonds. The SMILES string of the molecule is Cc1cc(C(C)(C)C)cc(C)c1CSc1nnc(-c2ccccc2F)n1CC(C)C. The van der Waals surface area contributed by atoms with E-state index in [1.54, 1.807) is 23.9 Å². The summed E-state index contributed by atoms with van der Waals surface area (Å²) in [6, 6.07) is 11.4. The topological polar surface area (TPSA) is 30.7 Å². The smallest absolute Gasteiger partial charge is 0.191 e. The fourth-order valence-corrected chi connectivity index (χ4v) is 4.70. The van der Waals surface area contributed by atoms with Gasteiger partial charge in [0.25, 0.3) is 0 Å². The highest BCUT2D eigenvalue weighted by Gasteiger charge is 2.20. The molecule has 0 aliphatic rings. The lowest BCUT2D eigenvalue weighted by Crippen LogP contribution is -2.12. The van der Waals surface area contributed by atoms with Crippen molar-refractivity contribution in [2.24, 2.45) is 5.92 Å². The number of nitrogens with zero attached hydrogens (tertiary/aromatic N) is 3. The predicted octanol–water partition coefficient (Wildman–Crippen LogP) is 6.95. The summed E-state index contributed by atoms with van der Waals surface area (Å²) < 4.78 is 16.5. The van der Waals surface area contributed by atoms with Gasteiger partial charge in [0.05, 0.1) is 5.56 Å². The molecule has 3 nitrogen and oxygen atoms in total. The van der Waals surface area contributed by atoms with E-state index >= 15 is 0 Å². The second-order valence-electron chi connectivity index (χ2n) is 9.42. The van der Waals surface area contributed by atoms with Gasteiger partial charge in [-0.05, 0) is 59.6 Å². The summed E-state index contributed by atoms with van der Waals surface area (Å²) in [4.78, 5) is 0. The van der Waals surface area contributed by atoms with Crippen molar-refractivity contribution in [1.82, 2.24) is 14.8 Å². The molecule has 0 atom stereocenters. The van der Waals surface area contributed by atoms with Crippen LogP contribution in [0.4, 0.5) is 4.39 Å². The van der Waals surface area contributed by atoms with Gasteiger partial charge < -0.3 is 4.57 Å². The standard InChI is InChI=1S/C25H32FN3S/c1-16(2)14-29-23(20-10-8-9-11-22(20)26)27-28-24(29)30-15-21-17(3)12-19(13-18(21)4)25(5,6)7/h8-13,16H,14-15H2,1-7H3. The number of hydrogen-bond acceptors (Lipinski definition) is 3. The maximum Gasteiger partial charge on any atom is 0.191 e. The molecule has 3 aromatic rings. The summed E-state index contributed by atoms with van der Waals surface area (Å²) in [5, 5.41) is 9.62. The molecule has 2 aromatic carbocycles. The third kappa shape index (κ3) is 4.94. The van der Waals surface area contributed by atoms with E-state index < -0.39 is 0 Å². The van der Waals surface area contributed by atoms with E-state index in [0.29, 0.717) is 17.3 Å². The molecule has 5 heteroatoms. The lowest BCUT2D eigenvalue weighted by Gasteiger charge is -2.22. The molecule has 0 aliphatic carbocycles. The third-order valence-electron chi connectivity index (χ3n) is 5.29. The molecule has 0 radical (unpaired) electrons. The van der Waals surface area contributed by atoms with Gasteiger partial charge in [-0.15, -0.1) is 10.2 Å². The molecule has 30 heavy (non-hydrogen) atoms. The average Bonchev–Trinajstić information content (AvgIpc) is 3.02. The fraction of sp³-hybridized carbons (Fsp3) is 0.440. The molecule has 0 fully saturated rings. The van der Waals surface area contributed by atoms with Crippen molar-refractivity contribution in [3.05, 3.63) is 64.5 Å². The third-order valence-corrected chi connectivity index (χ3v) is 6.28. The molecule has 0 aliphatic heterocycles. The summed E-state index contributed by atoms with van der Waals surface area (Å²) >= 11 is 1.67. The van der Waals surface area contributed by atoms with E-state index in [4.69, 9.17) is 0 Å². The van der Waals surface area contributed by atoms with E-state index in [2.05, 4.69) is 75.4 Å². The van der Waals surface area contributed by atoms with Crippen molar-refractivity contribution in [3.8, 4) is 11.4 Å². The van der Waals surface area contributed by atoms with Crippen molar-refractivity contribution in [2.45, 2.75) is 71.3 Å².